The second-order valence-electron chi connectivity index (χ2n) is 3.86. The third-order valence-electron chi connectivity index (χ3n) is 2.58. The van der Waals surface area contributed by atoms with Gasteiger partial charge < -0.3 is 5.32 Å². The molecule has 0 amide bonds. The fraction of sp³-hybridized carbons (Fsp3) is 0.0769. The summed E-state index contributed by atoms with van der Waals surface area (Å²) in [4.78, 5) is 10.3. The zero-order valence-electron chi connectivity index (χ0n) is 9.77. The quantitative estimate of drug-likeness (QED) is 0.680. The molecule has 0 fully saturated rings. The fourth-order valence-corrected chi connectivity index (χ4v) is 2.07. The van der Waals surface area contributed by atoms with Crippen LogP contribution in [-0.2, 0) is 6.54 Å². The topological polar surface area (TPSA) is 55.2 Å². The van der Waals surface area contributed by atoms with Crippen molar-refractivity contribution in [3.63, 3.8) is 0 Å². The number of nitrogens with one attached hydrogen (secondary N) is 1. The van der Waals surface area contributed by atoms with E-state index in [1.165, 1.54) is 0 Å². The SMILES string of the molecule is O=[N+]([O-])c1ccc(F)cc1NCc1ccccc1Br. The first-order chi connectivity index (χ1) is 9.08. The fourth-order valence-electron chi connectivity index (χ4n) is 1.64. The molecule has 0 bridgehead atoms. The average Bonchev–Trinajstić information content (AvgIpc) is 2.37. The molecule has 0 atom stereocenters. The van der Waals surface area contributed by atoms with Crippen LogP contribution in [-0.4, -0.2) is 4.92 Å². The Kier molecular flexibility index (Phi) is 4.11. The van der Waals surface area contributed by atoms with Crippen LogP contribution in [0.5, 0.6) is 0 Å². The highest BCUT2D eigenvalue weighted by Crippen LogP contribution is 2.26. The zero-order chi connectivity index (χ0) is 13.8. The number of nitrogens with zero attached hydrogens (tertiary/aromatic N) is 1. The molecule has 0 heterocycles. The van der Waals surface area contributed by atoms with Gasteiger partial charge in [0.05, 0.1) is 4.92 Å². The maximum atomic E-state index is 13.1. The van der Waals surface area contributed by atoms with Crippen LogP contribution in [0, 0.1) is 15.9 Å². The molecule has 0 aromatic heterocycles. The van der Waals surface area contributed by atoms with Gasteiger partial charge in [0.2, 0.25) is 0 Å². The van der Waals surface area contributed by atoms with Crippen molar-refractivity contribution in [1.82, 2.24) is 0 Å². The van der Waals surface area contributed by atoms with Crippen LogP contribution in [0.4, 0.5) is 15.8 Å². The Morgan fingerprint density at radius 2 is 2.00 bits per heavy atom. The smallest absolute Gasteiger partial charge is 0.292 e. The minimum atomic E-state index is -0.540. The van der Waals surface area contributed by atoms with Crippen LogP contribution in [0.25, 0.3) is 0 Å². The molecule has 2 aromatic rings. The summed E-state index contributed by atoms with van der Waals surface area (Å²) in [6, 6.07) is 10.8. The molecule has 98 valence electrons. The van der Waals surface area contributed by atoms with Crippen molar-refractivity contribution in [2.45, 2.75) is 6.54 Å². The number of benzene rings is 2. The van der Waals surface area contributed by atoms with Crippen LogP contribution >= 0.6 is 15.9 Å². The first kappa shape index (κ1) is 13.5. The normalized spacial score (nSPS) is 10.2. The number of rotatable bonds is 4. The number of nitro groups is 1. The summed E-state index contributed by atoms with van der Waals surface area (Å²) in [5.74, 6) is -0.514. The second-order valence-corrected chi connectivity index (χ2v) is 4.72. The van der Waals surface area contributed by atoms with Crippen LogP contribution in [0.3, 0.4) is 0 Å². The van der Waals surface area contributed by atoms with E-state index in [1.807, 2.05) is 24.3 Å². The average molecular weight is 325 g/mol. The van der Waals surface area contributed by atoms with E-state index in [2.05, 4.69) is 21.2 Å². The van der Waals surface area contributed by atoms with Gasteiger partial charge in [0.25, 0.3) is 5.69 Å². The Labute approximate surface area is 117 Å². The van der Waals surface area contributed by atoms with E-state index in [4.69, 9.17) is 0 Å². The van der Waals surface area contributed by atoms with Crippen molar-refractivity contribution in [3.8, 4) is 0 Å². The van der Waals surface area contributed by atoms with Gasteiger partial charge in [-0.1, -0.05) is 34.1 Å². The first-order valence-corrected chi connectivity index (χ1v) is 6.28. The summed E-state index contributed by atoms with van der Waals surface area (Å²) in [7, 11) is 0. The van der Waals surface area contributed by atoms with Crippen LogP contribution < -0.4 is 5.32 Å². The van der Waals surface area contributed by atoms with Crippen molar-refractivity contribution in [2.75, 3.05) is 5.32 Å². The molecule has 2 rings (SSSR count). The minimum Gasteiger partial charge on any atom is -0.375 e. The Bertz CT molecular complexity index is 619. The van der Waals surface area contributed by atoms with E-state index in [9.17, 15) is 14.5 Å². The standard InChI is InChI=1S/C13H10BrFN2O2/c14-11-4-2-1-3-9(11)8-16-12-7-10(15)5-6-13(12)17(18)19/h1-7,16H,8H2. The third kappa shape index (κ3) is 3.29. The molecule has 0 aliphatic heterocycles. The van der Waals surface area contributed by atoms with Crippen LogP contribution in [0.1, 0.15) is 5.56 Å². The largest absolute Gasteiger partial charge is 0.375 e. The highest BCUT2D eigenvalue weighted by molar-refractivity contribution is 9.10. The molecular formula is C13H10BrFN2O2. The summed E-state index contributed by atoms with van der Waals surface area (Å²) < 4.78 is 14.0. The minimum absolute atomic E-state index is 0.145. The van der Waals surface area contributed by atoms with Gasteiger partial charge in [-0.3, -0.25) is 10.1 Å². The number of hydrogen-bond donors (Lipinski definition) is 1. The maximum Gasteiger partial charge on any atom is 0.292 e. The lowest BCUT2D eigenvalue weighted by atomic mass is 10.2. The first-order valence-electron chi connectivity index (χ1n) is 5.49. The van der Waals surface area contributed by atoms with Crippen molar-refractivity contribution in [2.24, 2.45) is 0 Å². The van der Waals surface area contributed by atoms with Crippen molar-refractivity contribution < 1.29 is 9.31 Å². The monoisotopic (exact) mass is 324 g/mol. The van der Waals surface area contributed by atoms with E-state index in [0.29, 0.717) is 6.54 Å². The summed E-state index contributed by atoms with van der Waals surface area (Å²) in [6.07, 6.45) is 0. The van der Waals surface area contributed by atoms with Gasteiger partial charge in [-0.2, -0.15) is 0 Å². The summed E-state index contributed by atoms with van der Waals surface area (Å²) in [5, 5.41) is 13.7. The maximum absolute atomic E-state index is 13.1. The molecule has 6 heteroatoms. The molecule has 2 aromatic carbocycles. The van der Waals surface area contributed by atoms with E-state index < -0.39 is 10.7 Å². The lowest BCUT2D eigenvalue weighted by molar-refractivity contribution is -0.384. The van der Waals surface area contributed by atoms with Crippen molar-refractivity contribution >= 4 is 27.3 Å². The van der Waals surface area contributed by atoms with Crippen molar-refractivity contribution in [3.05, 3.63) is 68.4 Å². The van der Waals surface area contributed by atoms with Gasteiger partial charge in [0.1, 0.15) is 11.5 Å². The molecule has 0 unspecified atom stereocenters. The molecule has 1 N–H and O–H groups in total. The van der Waals surface area contributed by atoms with Crippen molar-refractivity contribution in [1.29, 1.82) is 0 Å². The molecule has 19 heavy (non-hydrogen) atoms. The summed E-state index contributed by atoms with van der Waals surface area (Å²) in [5.41, 5.74) is 0.954. The van der Waals surface area contributed by atoms with Gasteiger partial charge in [0.15, 0.2) is 0 Å². The molecule has 0 saturated carbocycles. The molecular weight excluding hydrogens is 315 g/mol. The van der Waals surface area contributed by atoms with Gasteiger partial charge in [-0.05, 0) is 17.7 Å². The molecule has 0 radical (unpaired) electrons. The Morgan fingerprint density at radius 1 is 1.26 bits per heavy atom. The Balaban J connectivity index is 2.22. The predicted octanol–water partition coefficient (Wildman–Crippen LogP) is 4.11. The van der Waals surface area contributed by atoms with E-state index >= 15 is 0 Å². The summed E-state index contributed by atoms with van der Waals surface area (Å²) >= 11 is 3.38. The van der Waals surface area contributed by atoms with Gasteiger partial charge in [-0.15, -0.1) is 0 Å². The van der Waals surface area contributed by atoms with Gasteiger partial charge in [0, 0.05) is 23.2 Å². The van der Waals surface area contributed by atoms with Crippen LogP contribution in [0.15, 0.2) is 46.9 Å². The summed E-state index contributed by atoms with van der Waals surface area (Å²) in [6.45, 7) is 0.367. The highest BCUT2D eigenvalue weighted by atomic mass is 79.9. The van der Waals surface area contributed by atoms with Gasteiger partial charge >= 0.3 is 0 Å². The van der Waals surface area contributed by atoms with Crippen LogP contribution in [0.2, 0.25) is 0 Å². The van der Waals surface area contributed by atoms with Gasteiger partial charge in [-0.25, -0.2) is 4.39 Å². The molecule has 0 aliphatic carbocycles. The number of anilines is 1. The molecule has 0 spiro atoms. The zero-order valence-corrected chi connectivity index (χ0v) is 11.4. The van der Waals surface area contributed by atoms with E-state index in [0.717, 1.165) is 28.2 Å². The lowest BCUT2D eigenvalue weighted by Crippen LogP contribution is -2.03. The number of nitro benzene ring substituents is 1. The predicted molar refractivity (Wildman–Crippen MR) is 74.5 cm³/mol. The lowest BCUT2D eigenvalue weighted by Gasteiger charge is -2.08. The Morgan fingerprint density at radius 3 is 2.68 bits per heavy atom. The number of halogens is 2. The van der Waals surface area contributed by atoms with E-state index in [-0.39, 0.29) is 11.4 Å². The third-order valence-corrected chi connectivity index (χ3v) is 3.36. The molecule has 0 aliphatic rings. The highest BCUT2D eigenvalue weighted by Gasteiger charge is 2.14. The second kappa shape index (κ2) is 5.79. The molecule has 0 saturated heterocycles. The Hall–Kier alpha value is -1.95. The van der Waals surface area contributed by atoms with E-state index in [1.54, 1.807) is 0 Å². The number of hydrogen-bond acceptors (Lipinski definition) is 3. The molecule has 4 nitrogen and oxygen atoms in total.